The number of ether oxygens (including phenoxy) is 3. The van der Waals surface area contributed by atoms with Crippen LogP contribution in [0.5, 0.6) is 11.5 Å². The first kappa shape index (κ1) is 20.1. The lowest BCUT2D eigenvalue weighted by Crippen LogP contribution is -2.44. The largest absolute Gasteiger partial charge is 0.493 e. The summed E-state index contributed by atoms with van der Waals surface area (Å²) >= 11 is 0. The number of nitrogens with zero attached hydrogens (tertiary/aromatic N) is 1. The number of hydrogen-bond acceptors (Lipinski definition) is 4. The van der Waals surface area contributed by atoms with Gasteiger partial charge in [0.25, 0.3) is 0 Å². The summed E-state index contributed by atoms with van der Waals surface area (Å²) in [7, 11) is 0. The first-order valence-electron chi connectivity index (χ1n) is 11.1. The summed E-state index contributed by atoms with van der Waals surface area (Å²) in [5.41, 5.74) is 3.84. The lowest BCUT2D eigenvalue weighted by atomic mass is 9.76. The van der Waals surface area contributed by atoms with Crippen molar-refractivity contribution >= 4 is 0 Å². The maximum absolute atomic E-state index is 6.22. The number of rotatable bonds is 5. The zero-order chi connectivity index (χ0) is 21.0. The minimum Gasteiger partial charge on any atom is -0.493 e. The van der Waals surface area contributed by atoms with Gasteiger partial charge in [-0.1, -0.05) is 60.7 Å². The topological polar surface area (TPSA) is 30.9 Å². The van der Waals surface area contributed by atoms with E-state index in [9.17, 15) is 0 Å². The van der Waals surface area contributed by atoms with Gasteiger partial charge in [-0.3, -0.25) is 4.90 Å². The second-order valence-corrected chi connectivity index (χ2v) is 8.28. The molecule has 0 radical (unpaired) electrons. The van der Waals surface area contributed by atoms with E-state index in [0.717, 1.165) is 37.8 Å². The van der Waals surface area contributed by atoms with Gasteiger partial charge in [-0.05, 0) is 36.2 Å². The molecule has 0 aliphatic carbocycles. The number of hydrogen-bond donors (Lipinski definition) is 0. The molecule has 5 rings (SSSR count). The molecule has 4 heteroatoms. The zero-order valence-electron chi connectivity index (χ0n) is 17.9. The average molecular weight is 416 g/mol. The van der Waals surface area contributed by atoms with Crippen molar-refractivity contribution in [2.45, 2.75) is 25.0 Å². The van der Waals surface area contributed by atoms with Gasteiger partial charge in [0, 0.05) is 30.5 Å². The lowest BCUT2D eigenvalue weighted by Gasteiger charge is -2.35. The first-order chi connectivity index (χ1) is 15.3. The monoisotopic (exact) mass is 415 g/mol. The van der Waals surface area contributed by atoms with Crippen LogP contribution in [0.3, 0.4) is 0 Å². The third-order valence-corrected chi connectivity index (χ3v) is 6.41. The Morgan fingerprint density at radius 3 is 2.32 bits per heavy atom. The fourth-order valence-electron chi connectivity index (χ4n) is 4.73. The predicted molar refractivity (Wildman–Crippen MR) is 122 cm³/mol. The van der Waals surface area contributed by atoms with Crippen molar-refractivity contribution in [1.29, 1.82) is 0 Å². The van der Waals surface area contributed by atoms with E-state index in [-0.39, 0.29) is 18.1 Å². The standard InChI is InChI=1S/C27H29NO3/c1-20(28-15-17-29-18-16-28)31-23-13-11-22(12-14-23)27-24-9-5-6-10-26(24)30-19-25(27)21-7-3-2-4-8-21/h2-14,20,25,27H,15-19H2,1H3. The second-order valence-electron chi connectivity index (χ2n) is 8.28. The van der Waals surface area contributed by atoms with Crippen molar-refractivity contribution < 1.29 is 14.2 Å². The van der Waals surface area contributed by atoms with Crippen molar-refractivity contribution in [1.82, 2.24) is 4.90 Å². The first-order valence-corrected chi connectivity index (χ1v) is 11.1. The van der Waals surface area contributed by atoms with E-state index >= 15 is 0 Å². The Kier molecular flexibility index (Phi) is 5.92. The van der Waals surface area contributed by atoms with E-state index in [4.69, 9.17) is 14.2 Å². The van der Waals surface area contributed by atoms with Crippen LogP contribution < -0.4 is 9.47 Å². The van der Waals surface area contributed by atoms with Gasteiger partial charge in [0.05, 0.1) is 19.8 Å². The summed E-state index contributed by atoms with van der Waals surface area (Å²) in [6.07, 6.45) is 0.0376. The van der Waals surface area contributed by atoms with Crippen LogP contribution in [0.1, 0.15) is 35.4 Å². The number of fused-ring (bicyclic) bond motifs is 1. The maximum Gasteiger partial charge on any atom is 0.149 e. The van der Waals surface area contributed by atoms with Gasteiger partial charge in [-0.2, -0.15) is 0 Å². The fraction of sp³-hybridized carbons (Fsp3) is 0.333. The average Bonchev–Trinajstić information content (AvgIpc) is 2.85. The molecule has 3 atom stereocenters. The smallest absolute Gasteiger partial charge is 0.149 e. The van der Waals surface area contributed by atoms with Gasteiger partial charge in [-0.15, -0.1) is 0 Å². The van der Waals surface area contributed by atoms with E-state index in [2.05, 4.69) is 84.6 Å². The molecular formula is C27H29NO3. The quantitative estimate of drug-likeness (QED) is 0.583. The third kappa shape index (κ3) is 4.32. The van der Waals surface area contributed by atoms with E-state index in [1.54, 1.807) is 0 Å². The van der Waals surface area contributed by atoms with Crippen LogP contribution in [0.15, 0.2) is 78.9 Å². The summed E-state index contributed by atoms with van der Waals surface area (Å²) in [6.45, 7) is 6.17. The molecule has 4 nitrogen and oxygen atoms in total. The zero-order valence-corrected chi connectivity index (χ0v) is 17.9. The minimum atomic E-state index is 0.0376. The van der Waals surface area contributed by atoms with E-state index in [1.807, 2.05) is 6.07 Å². The highest BCUT2D eigenvalue weighted by Gasteiger charge is 2.33. The molecule has 0 amide bonds. The second kappa shape index (κ2) is 9.13. The predicted octanol–water partition coefficient (Wildman–Crippen LogP) is 5.05. The van der Waals surface area contributed by atoms with Crippen molar-refractivity contribution in [3.8, 4) is 11.5 Å². The van der Waals surface area contributed by atoms with E-state index in [0.29, 0.717) is 6.61 Å². The van der Waals surface area contributed by atoms with Gasteiger partial charge in [0.2, 0.25) is 0 Å². The third-order valence-electron chi connectivity index (χ3n) is 6.41. The van der Waals surface area contributed by atoms with Gasteiger partial charge in [0.15, 0.2) is 0 Å². The summed E-state index contributed by atoms with van der Waals surface area (Å²) in [5, 5.41) is 0. The van der Waals surface area contributed by atoms with Crippen molar-refractivity contribution in [3.63, 3.8) is 0 Å². The van der Waals surface area contributed by atoms with Crippen LogP contribution >= 0.6 is 0 Å². The Bertz CT molecular complexity index is 983. The van der Waals surface area contributed by atoms with Crippen molar-refractivity contribution in [3.05, 3.63) is 95.6 Å². The van der Waals surface area contributed by atoms with Crippen LogP contribution in [0.4, 0.5) is 0 Å². The molecular weight excluding hydrogens is 386 g/mol. The number of morpholine rings is 1. The molecule has 3 aromatic rings. The van der Waals surface area contributed by atoms with Crippen molar-refractivity contribution in [2.75, 3.05) is 32.9 Å². The molecule has 3 unspecified atom stereocenters. The fourth-order valence-corrected chi connectivity index (χ4v) is 4.73. The Morgan fingerprint density at radius 1 is 0.839 bits per heavy atom. The van der Waals surface area contributed by atoms with Gasteiger partial charge >= 0.3 is 0 Å². The highest BCUT2D eigenvalue weighted by Crippen LogP contribution is 2.46. The summed E-state index contributed by atoms with van der Waals surface area (Å²) in [6, 6.07) is 27.7. The number of benzene rings is 3. The number of para-hydroxylation sites is 1. The lowest BCUT2D eigenvalue weighted by molar-refractivity contribution is -0.0373. The molecule has 3 aromatic carbocycles. The molecule has 31 heavy (non-hydrogen) atoms. The van der Waals surface area contributed by atoms with Crippen LogP contribution in [-0.4, -0.2) is 44.0 Å². The maximum atomic E-state index is 6.22. The molecule has 2 aliphatic heterocycles. The van der Waals surface area contributed by atoms with E-state index < -0.39 is 0 Å². The molecule has 1 saturated heterocycles. The van der Waals surface area contributed by atoms with Crippen molar-refractivity contribution in [2.24, 2.45) is 0 Å². The summed E-state index contributed by atoms with van der Waals surface area (Å²) in [5.74, 6) is 2.41. The molecule has 0 N–H and O–H groups in total. The highest BCUT2D eigenvalue weighted by atomic mass is 16.5. The molecule has 0 bridgehead atoms. The minimum absolute atomic E-state index is 0.0376. The summed E-state index contributed by atoms with van der Waals surface area (Å²) < 4.78 is 17.8. The molecule has 1 fully saturated rings. The van der Waals surface area contributed by atoms with Crippen LogP contribution in [0.2, 0.25) is 0 Å². The summed E-state index contributed by atoms with van der Waals surface area (Å²) in [4.78, 5) is 2.32. The highest BCUT2D eigenvalue weighted by molar-refractivity contribution is 5.48. The Hall–Kier alpha value is -2.82. The van der Waals surface area contributed by atoms with Crippen LogP contribution in [0.25, 0.3) is 0 Å². The Balaban J connectivity index is 1.41. The van der Waals surface area contributed by atoms with E-state index in [1.165, 1.54) is 16.7 Å². The van der Waals surface area contributed by atoms with Crippen LogP contribution in [-0.2, 0) is 4.74 Å². The van der Waals surface area contributed by atoms with Gasteiger partial charge in [-0.25, -0.2) is 0 Å². The van der Waals surface area contributed by atoms with Gasteiger partial charge in [0.1, 0.15) is 17.7 Å². The Morgan fingerprint density at radius 2 is 1.55 bits per heavy atom. The van der Waals surface area contributed by atoms with Crippen LogP contribution in [0, 0.1) is 0 Å². The molecule has 2 aliphatic rings. The molecule has 0 aromatic heterocycles. The molecule has 0 spiro atoms. The molecule has 2 heterocycles. The van der Waals surface area contributed by atoms with Gasteiger partial charge < -0.3 is 14.2 Å². The molecule has 160 valence electrons. The Labute approximate surface area is 184 Å². The SMILES string of the molecule is CC(Oc1ccc(C2c3ccccc3OCC2c2ccccc2)cc1)N1CCOCC1. The normalized spacial score (nSPS) is 22.2. The molecule has 0 saturated carbocycles.